The van der Waals surface area contributed by atoms with Gasteiger partial charge in [-0.3, -0.25) is 4.79 Å². The Labute approximate surface area is 67.0 Å². The minimum Gasteiger partial charge on any atom is -0.481 e. The monoisotopic (exact) mass is 160 g/mol. The Morgan fingerprint density at radius 3 is 2.27 bits per heavy atom. The fourth-order valence-electron chi connectivity index (χ4n) is 1.08. The van der Waals surface area contributed by atoms with Crippen LogP contribution in [0.4, 0.5) is 0 Å². The minimum atomic E-state index is -0.888. The van der Waals surface area contributed by atoms with Crippen LogP contribution >= 0.6 is 0 Å². The quantitative estimate of drug-likeness (QED) is 0.636. The van der Waals surface area contributed by atoms with Crippen LogP contribution in [0.2, 0.25) is 0 Å². The average molecular weight is 160 g/mol. The average Bonchev–Trinajstić information content (AvgIpc) is 1.98. The van der Waals surface area contributed by atoms with Gasteiger partial charge in [0.15, 0.2) is 0 Å². The Kier molecular flexibility index (Phi) is 4.86. The van der Waals surface area contributed by atoms with Crippen LogP contribution in [-0.4, -0.2) is 22.3 Å². The number of carboxylic acids is 1. The van der Waals surface area contributed by atoms with Crippen LogP contribution in [0.25, 0.3) is 0 Å². The first-order valence-corrected chi connectivity index (χ1v) is 4.04. The Hall–Kier alpha value is -0.570. The molecule has 0 aromatic carbocycles. The van der Waals surface area contributed by atoms with Crippen molar-refractivity contribution < 1.29 is 15.0 Å². The molecule has 2 atom stereocenters. The highest BCUT2D eigenvalue weighted by Crippen LogP contribution is 2.13. The maximum atomic E-state index is 10.5. The van der Waals surface area contributed by atoms with Gasteiger partial charge in [0.25, 0.3) is 0 Å². The number of aliphatic hydroxyl groups excluding tert-OH is 1. The van der Waals surface area contributed by atoms with E-state index in [1.807, 2.05) is 6.92 Å². The molecule has 0 amide bonds. The summed E-state index contributed by atoms with van der Waals surface area (Å²) >= 11 is 0. The molecule has 2 N–H and O–H groups in total. The summed E-state index contributed by atoms with van der Waals surface area (Å²) in [5.74, 6) is -1.47. The summed E-state index contributed by atoms with van der Waals surface area (Å²) in [5.41, 5.74) is 0. The van der Waals surface area contributed by atoms with Crippen LogP contribution in [0.5, 0.6) is 0 Å². The summed E-state index contributed by atoms with van der Waals surface area (Å²) in [4.78, 5) is 10.5. The molecule has 11 heavy (non-hydrogen) atoms. The zero-order valence-corrected chi connectivity index (χ0v) is 7.08. The molecule has 0 bridgehead atoms. The number of carbonyl (C=O) groups is 1. The summed E-state index contributed by atoms with van der Waals surface area (Å²) in [6.45, 7) is 3.70. The van der Waals surface area contributed by atoms with Gasteiger partial charge >= 0.3 is 5.97 Å². The number of rotatable bonds is 5. The van der Waals surface area contributed by atoms with Crippen LogP contribution in [-0.2, 0) is 4.79 Å². The first-order chi connectivity index (χ1) is 5.13. The third-order valence-electron chi connectivity index (χ3n) is 1.80. The topological polar surface area (TPSA) is 57.5 Å². The summed E-state index contributed by atoms with van der Waals surface area (Å²) in [6, 6.07) is 0. The summed E-state index contributed by atoms with van der Waals surface area (Å²) < 4.78 is 0. The number of aliphatic hydroxyl groups is 1. The number of hydrogen-bond donors (Lipinski definition) is 2. The fourth-order valence-corrected chi connectivity index (χ4v) is 1.08. The predicted molar refractivity (Wildman–Crippen MR) is 42.3 cm³/mol. The maximum absolute atomic E-state index is 10.5. The molecule has 0 aromatic rings. The van der Waals surface area contributed by atoms with Crippen LogP contribution in [0.3, 0.4) is 0 Å². The van der Waals surface area contributed by atoms with Gasteiger partial charge in [0.2, 0.25) is 0 Å². The summed E-state index contributed by atoms with van der Waals surface area (Å²) in [5, 5.41) is 17.9. The van der Waals surface area contributed by atoms with E-state index in [1.165, 1.54) is 0 Å². The smallest absolute Gasteiger partial charge is 0.309 e. The molecule has 3 heteroatoms. The number of aliphatic carboxylic acids is 1. The highest BCUT2D eigenvalue weighted by molar-refractivity contribution is 5.70. The van der Waals surface area contributed by atoms with E-state index in [4.69, 9.17) is 5.11 Å². The lowest BCUT2D eigenvalue weighted by atomic mass is 9.96. The maximum Gasteiger partial charge on any atom is 0.309 e. The van der Waals surface area contributed by atoms with Crippen molar-refractivity contribution >= 4 is 5.97 Å². The fraction of sp³-hybridized carbons (Fsp3) is 0.875. The van der Waals surface area contributed by atoms with E-state index in [1.54, 1.807) is 6.92 Å². The zero-order chi connectivity index (χ0) is 8.85. The molecule has 0 aromatic heterocycles. The van der Waals surface area contributed by atoms with Gasteiger partial charge in [-0.2, -0.15) is 0 Å². The van der Waals surface area contributed by atoms with Gasteiger partial charge in [0.1, 0.15) is 0 Å². The molecule has 0 aliphatic heterocycles. The number of hydrogen-bond acceptors (Lipinski definition) is 2. The van der Waals surface area contributed by atoms with E-state index in [0.29, 0.717) is 12.8 Å². The molecule has 0 unspecified atom stereocenters. The van der Waals surface area contributed by atoms with Gasteiger partial charge in [-0.15, -0.1) is 0 Å². The van der Waals surface area contributed by atoms with Crippen molar-refractivity contribution in [1.29, 1.82) is 0 Å². The third kappa shape index (κ3) is 3.37. The van der Waals surface area contributed by atoms with Crippen LogP contribution in [0, 0.1) is 5.92 Å². The van der Waals surface area contributed by atoms with Crippen molar-refractivity contribution in [2.24, 2.45) is 5.92 Å². The van der Waals surface area contributed by atoms with Crippen molar-refractivity contribution in [2.45, 2.75) is 39.2 Å². The Balaban J connectivity index is 3.97. The predicted octanol–water partition coefficient (Wildman–Crippen LogP) is 1.26. The van der Waals surface area contributed by atoms with Gasteiger partial charge in [-0.05, 0) is 12.8 Å². The van der Waals surface area contributed by atoms with Crippen LogP contribution < -0.4 is 0 Å². The second-order valence-corrected chi connectivity index (χ2v) is 2.71. The van der Waals surface area contributed by atoms with Gasteiger partial charge in [0.05, 0.1) is 12.0 Å². The largest absolute Gasteiger partial charge is 0.481 e. The third-order valence-corrected chi connectivity index (χ3v) is 1.80. The highest BCUT2D eigenvalue weighted by atomic mass is 16.4. The molecular weight excluding hydrogens is 144 g/mol. The van der Waals surface area contributed by atoms with Gasteiger partial charge < -0.3 is 10.2 Å². The van der Waals surface area contributed by atoms with E-state index < -0.39 is 18.0 Å². The zero-order valence-electron chi connectivity index (χ0n) is 7.08. The molecule has 0 spiro atoms. The van der Waals surface area contributed by atoms with Crippen molar-refractivity contribution in [2.75, 3.05) is 0 Å². The van der Waals surface area contributed by atoms with Crippen molar-refractivity contribution in [3.63, 3.8) is 0 Å². The molecule has 0 aliphatic carbocycles. The van der Waals surface area contributed by atoms with Crippen molar-refractivity contribution in [1.82, 2.24) is 0 Å². The van der Waals surface area contributed by atoms with Gasteiger partial charge in [0, 0.05) is 0 Å². The molecule has 66 valence electrons. The molecule has 3 nitrogen and oxygen atoms in total. The summed E-state index contributed by atoms with van der Waals surface area (Å²) in [7, 11) is 0. The number of carboxylic acid groups (broad SMARTS) is 1. The molecule has 0 heterocycles. The highest BCUT2D eigenvalue weighted by Gasteiger charge is 2.23. The van der Waals surface area contributed by atoms with E-state index >= 15 is 0 Å². The van der Waals surface area contributed by atoms with E-state index in [9.17, 15) is 9.90 Å². The van der Waals surface area contributed by atoms with Crippen molar-refractivity contribution in [3.05, 3.63) is 0 Å². The van der Waals surface area contributed by atoms with Crippen LogP contribution in [0.1, 0.15) is 33.1 Å². The summed E-state index contributed by atoms with van der Waals surface area (Å²) in [6.07, 6.45) is 1.18. The Morgan fingerprint density at radius 1 is 1.45 bits per heavy atom. The molecule has 0 saturated carbocycles. The van der Waals surface area contributed by atoms with Crippen LogP contribution in [0.15, 0.2) is 0 Å². The van der Waals surface area contributed by atoms with E-state index in [-0.39, 0.29) is 0 Å². The lowest BCUT2D eigenvalue weighted by molar-refractivity contribution is -0.146. The second kappa shape index (κ2) is 5.13. The second-order valence-electron chi connectivity index (χ2n) is 2.71. The molecule has 0 rings (SSSR count). The van der Waals surface area contributed by atoms with E-state index in [0.717, 1.165) is 6.42 Å². The first-order valence-electron chi connectivity index (χ1n) is 4.04. The molecule has 0 fully saturated rings. The van der Waals surface area contributed by atoms with Crippen molar-refractivity contribution in [3.8, 4) is 0 Å². The molecule has 0 aliphatic rings. The lowest BCUT2D eigenvalue weighted by Gasteiger charge is -2.16. The standard InChI is InChI=1S/C8H16O3/c1-3-5-6(8(10)11)7(9)4-2/h6-7,9H,3-5H2,1-2H3,(H,10,11)/t6-,7+/m0/s1. The lowest BCUT2D eigenvalue weighted by Crippen LogP contribution is -2.27. The minimum absolute atomic E-state index is 0.511. The van der Waals surface area contributed by atoms with Gasteiger partial charge in [-0.25, -0.2) is 0 Å². The normalized spacial score (nSPS) is 15.9. The Morgan fingerprint density at radius 2 is 2.00 bits per heavy atom. The Bertz CT molecular complexity index is 123. The molecule has 0 radical (unpaired) electrons. The SMILES string of the molecule is CCC[C@H](C(=O)O)[C@H](O)CC. The van der Waals surface area contributed by atoms with Gasteiger partial charge in [-0.1, -0.05) is 20.3 Å². The van der Waals surface area contributed by atoms with E-state index in [2.05, 4.69) is 0 Å². The molecular formula is C8H16O3. The first kappa shape index (κ1) is 10.4. The molecule has 0 saturated heterocycles.